The number of hydrogen-bond donors (Lipinski definition) is 1. The van der Waals surface area contributed by atoms with Gasteiger partial charge in [0.15, 0.2) is 0 Å². The lowest BCUT2D eigenvalue weighted by Gasteiger charge is -2.32. The number of nitrogens with zero attached hydrogens (tertiary/aromatic N) is 2. The average Bonchev–Trinajstić information content (AvgIpc) is 2.90. The average molecular weight is 572 g/mol. The number of amides is 2. The van der Waals surface area contributed by atoms with E-state index in [1.54, 1.807) is 55.5 Å². The first-order valence-corrected chi connectivity index (χ1v) is 14.9. The molecule has 0 aliphatic heterocycles. The maximum Gasteiger partial charge on any atom is 0.244 e. The molecule has 2 atom stereocenters. The maximum absolute atomic E-state index is 13.7. The fraction of sp³-hybridized carbons (Fsp3) is 0.310. The van der Waals surface area contributed by atoms with E-state index >= 15 is 0 Å². The number of para-hydroxylation sites is 1. The topological polar surface area (TPSA) is 96.0 Å². The van der Waals surface area contributed by atoms with Gasteiger partial charge in [0.25, 0.3) is 0 Å². The van der Waals surface area contributed by atoms with Crippen molar-refractivity contribution < 1.29 is 22.7 Å². The molecule has 3 aromatic carbocycles. The Labute approximate surface area is 235 Å². The van der Waals surface area contributed by atoms with Crippen LogP contribution in [0, 0.1) is 0 Å². The van der Waals surface area contributed by atoms with Crippen LogP contribution in [0.3, 0.4) is 0 Å². The Hall–Kier alpha value is -3.56. The predicted octanol–water partition coefficient (Wildman–Crippen LogP) is 5.23. The molecule has 8 nitrogen and oxygen atoms in total. The van der Waals surface area contributed by atoms with Crippen LogP contribution in [0.2, 0.25) is 5.02 Å². The van der Waals surface area contributed by atoms with Crippen molar-refractivity contribution in [3.05, 3.63) is 89.4 Å². The number of hydrogen-bond acceptors (Lipinski definition) is 5. The van der Waals surface area contributed by atoms with Gasteiger partial charge in [-0.2, -0.15) is 0 Å². The van der Waals surface area contributed by atoms with Crippen LogP contribution in [-0.4, -0.2) is 50.0 Å². The molecule has 0 unspecified atom stereocenters. The van der Waals surface area contributed by atoms with Crippen LogP contribution in [0.4, 0.5) is 5.69 Å². The van der Waals surface area contributed by atoms with Crippen molar-refractivity contribution in [2.24, 2.45) is 0 Å². The number of carbonyl (C=O) groups excluding carboxylic acids is 2. The third-order valence-electron chi connectivity index (χ3n) is 6.19. The lowest BCUT2D eigenvalue weighted by molar-refractivity contribution is -0.139. The number of carbonyl (C=O) groups is 2. The number of benzene rings is 3. The summed E-state index contributed by atoms with van der Waals surface area (Å²) < 4.78 is 32.4. The molecule has 0 bridgehead atoms. The summed E-state index contributed by atoms with van der Waals surface area (Å²) in [6.07, 6.45) is 1.77. The van der Waals surface area contributed by atoms with Crippen molar-refractivity contribution in [2.75, 3.05) is 17.1 Å². The van der Waals surface area contributed by atoms with E-state index in [4.69, 9.17) is 16.3 Å². The first kappa shape index (κ1) is 30.0. The molecule has 10 heteroatoms. The molecule has 208 valence electrons. The fourth-order valence-electron chi connectivity index (χ4n) is 3.80. The van der Waals surface area contributed by atoms with E-state index in [0.717, 1.165) is 17.0 Å². The lowest BCUT2D eigenvalue weighted by Crippen LogP contribution is -2.52. The van der Waals surface area contributed by atoms with Crippen molar-refractivity contribution in [1.82, 2.24) is 10.2 Å². The van der Waals surface area contributed by atoms with Crippen LogP contribution < -0.4 is 14.4 Å². The molecule has 2 amide bonds. The Balaban J connectivity index is 1.86. The summed E-state index contributed by atoms with van der Waals surface area (Å²) in [5, 5.41) is 3.39. The highest BCUT2D eigenvalue weighted by Crippen LogP contribution is 2.26. The molecular weight excluding hydrogens is 538 g/mol. The molecule has 0 aromatic heterocycles. The predicted molar refractivity (Wildman–Crippen MR) is 155 cm³/mol. The van der Waals surface area contributed by atoms with Gasteiger partial charge in [0.05, 0.1) is 11.9 Å². The Morgan fingerprint density at radius 3 is 2.18 bits per heavy atom. The maximum atomic E-state index is 13.7. The van der Waals surface area contributed by atoms with Crippen LogP contribution in [0.15, 0.2) is 78.9 Å². The number of rotatable bonds is 12. The Bertz CT molecular complexity index is 1370. The third-order valence-corrected chi connectivity index (χ3v) is 7.57. The second-order valence-electron chi connectivity index (χ2n) is 9.32. The molecule has 39 heavy (non-hydrogen) atoms. The van der Waals surface area contributed by atoms with Gasteiger partial charge in [0.2, 0.25) is 21.8 Å². The zero-order valence-corrected chi connectivity index (χ0v) is 24.1. The normalized spacial score (nSPS) is 12.7. The minimum atomic E-state index is -3.84. The highest BCUT2D eigenvalue weighted by molar-refractivity contribution is 7.92. The van der Waals surface area contributed by atoms with E-state index < -0.39 is 28.5 Å². The van der Waals surface area contributed by atoms with E-state index in [9.17, 15) is 18.0 Å². The number of sulfonamides is 1. The Morgan fingerprint density at radius 2 is 1.59 bits per heavy atom. The molecule has 3 rings (SSSR count). The molecule has 0 aliphatic carbocycles. The summed E-state index contributed by atoms with van der Waals surface area (Å²) >= 11 is 6.15. The summed E-state index contributed by atoms with van der Waals surface area (Å²) in [7, 11) is -3.84. The van der Waals surface area contributed by atoms with Crippen molar-refractivity contribution in [1.29, 1.82) is 0 Å². The van der Waals surface area contributed by atoms with Gasteiger partial charge >= 0.3 is 0 Å². The van der Waals surface area contributed by atoms with E-state index in [0.29, 0.717) is 27.8 Å². The second-order valence-corrected chi connectivity index (χ2v) is 11.7. The van der Waals surface area contributed by atoms with Crippen molar-refractivity contribution in [3.63, 3.8) is 0 Å². The van der Waals surface area contributed by atoms with E-state index in [-0.39, 0.29) is 18.5 Å². The largest absolute Gasteiger partial charge is 0.457 e. The van der Waals surface area contributed by atoms with Gasteiger partial charge in [0.1, 0.15) is 24.1 Å². The van der Waals surface area contributed by atoms with Crippen LogP contribution in [-0.2, 0) is 26.2 Å². The minimum absolute atomic E-state index is 0.0767. The zero-order chi connectivity index (χ0) is 28.6. The smallest absolute Gasteiger partial charge is 0.244 e. The number of anilines is 1. The van der Waals surface area contributed by atoms with Crippen LogP contribution >= 0.6 is 11.6 Å². The van der Waals surface area contributed by atoms with Gasteiger partial charge in [0, 0.05) is 17.6 Å². The minimum Gasteiger partial charge on any atom is -0.457 e. The summed E-state index contributed by atoms with van der Waals surface area (Å²) in [6.45, 7) is 5.05. The number of ether oxygens (including phenoxy) is 1. The van der Waals surface area contributed by atoms with Gasteiger partial charge < -0.3 is 15.0 Å². The van der Waals surface area contributed by atoms with Crippen molar-refractivity contribution in [2.45, 2.75) is 45.8 Å². The number of halogens is 1. The standard InChI is InChI=1S/C29H34ClN3O5S/c1-5-21(2)31-29(35)22(3)32(19-23-10-9-11-24(30)18-23)28(34)20-33(39(4,36)37)25-14-16-27(17-15-25)38-26-12-7-6-8-13-26/h6-18,21-22H,5,19-20H2,1-4H3,(H,31,35)/t21-,22-/m0/s1. The summed E-state index contributed by atoms with van der Waals surface area (Å²) in [4.78, 5) is 28.0. The van der Waals surface area contributed by atoms with Gasteiger partial charge in [-0.3, -0.25) is 13.9 Å². The lowest BCUT2D eigenvalue weighted by atomic mass is 10.1. The quantitative estimate of drug-likeness (QED) is 0.321. The van der Waals surface area contributed by atoms with Crippen LogP contribution in [0.1, 0.15) is 32.8 Å². The summed E-state index contributed by atoms with van der Waals surface area (Å²) in [6, 6.07) is 21.7. The third kappa shape index (κ3) is 8.73. The zero-order valence-electron chi connectivity index (χ0n) is 22.5. The van der Waals surface area contributed by atoms with Gasteiger partial charge in [-0.1, -0.05) is 48.9 Å². The second kappa shape index (κ2) is 13.5. The molecule has 0 spiro atoms. The van der Waals surface area contributed by atoms with E-state index in [2.05, 4.69) is 5.32 Å². The molecule has 0 saturated carbocycles. The van der Waals surface area contributed by atoms with Crippen molar-refractivity contribution in [3.8, 4) is 11.5 Å². The molecule has 0 aliphatic rings. The molecule has 0 fully saturated rings. The van der Waals surface area contributed by atoms with Crippen LogP contribution in [0.25, 0.3) is 0 Å². The molecular formula is C29H34ClN3O5S. The monoisotopic (exact) mass is 571 g/mol. The summed E-state index contributed by atoms with van der Waals surface area (Å²) in [5.74, 6) is 0.300. The molecule has 1 N–H and O–H groups in total. The molecule has 3 aromatic rings. The molecule has 0 heterocycles. The van der Waals surface area contributed by atoms with E-state index in [1.165, 1.54) is 4.90 Å². The van der Waals surface area contributed by atoms with Gasteiger partial charge in [-0.05, 0) is 74.4 Å². The molecule has 0 saturated heterocycles. The van der Waals surface area contributed by atoms with Crippen LogP contribution in [0.5, 0.6) is 11.5 Å². The van der Waals surface area contributed by atoms with E-state index in [1.807, 2.05) is 44.2 Å². The molecule has 0 radical (unpaired) electrons. The number of nitrogens with one attached hydrogen (secondary N) is 1. The Morgan fingerprint density at radius 1 is 0.949 bits per heavy atom. The highest BCUT2D eigenvalue weighted by Gasteiger charge is 2.30. The summed E-state index contributed by atoms with van der Waals surface area (Å²) in [5.41, 5.74) is 1.01. The highest BCUT2D eigenvalue weighted by atomic mass is 35.5. The fourth-order valence-corrected chi connectivity index (χ4v) is 4.86. The van der Waals surface area contributed by atoms with Gasteiger partial charge in [-0.15, -0.1) is 0 Å². The first-order valence-electron chi connectivity index (χ1n) is 12.6. The SMILES string of the molecule is CC[C@H](C)NC(=O)[C@H](C)N(Cc1cccc(Cl)c1)C(=O)CN(c1ccc(Oc2ccccc2)cc1)S(C)(=O)=O. The Kier molecular flexibility index (Phi) is 10.4. The van der Waals surface area contributed by atoms with Crippen molar-refractivity contribution >= 4 is 39.1 Å². The van der Waals surface area contributed by atoms with Gasteiger partial charge in [-0.25, -0.2) is 8.42 Å². The first-order chi connectivity index (χ1) is 18.5.